The van der Waals surface area contributed by atoms with Crippen LogP contribution in [0, 0.1) is 5.92 Å². The van der Waals surface area contributed by atoms with Crippen molar-refractivity contribution in [3.05, 3.63) is 12.2 Å². The maximum atomic E-state index is 10.5. The zero-order valence-corrected chi connectivity index (χ0v) is 7.53. The fraction of sp³-hybridized carbons (Fsp3) is 0.667. The highest BCUT2D eigenvalue weighted by atomic mass is 16.6. The lowest BCUT2D eigenvalue weighted by Crippen LogP contribution is -2.34. The standard InChI is InChI=1S/C9H15NO3/c1-6-2-3-8(13-9(10)12)7(4-6)5-11/h7-8,11H,1-5H2,(H2,10,12)/t7-,8-/m0/s1. The van der Waals surface area contributed by atoms with Gasteiger partial charge in [-0.2, -0.15) is 0 Å². The molecule has 1 fully saturated rings. The molecular weight excluding hydrogens is 170 g/mol. The Labute approximate surface area is 77.4 Å². The minimum absolute atomic E-state index is 0.0109. The second kappa shape index (κ2) is 4.28. The van der Waals surface area contributed by atoms with Gasteiger partial charge in [-0.1, -0.05) is 12.2 Å². The molecule has 1 amide bonds. The Kier molecular flexibility index (Phi) is 3.31. The van der Waals surface area contributed by atoms with Crippen LogP contribution in [0.1, 0.15) is 19.3 Å². The van der Waals surface area contributed by atoms with E-state index in [1.54, 1.807) is 0 Å². The average Bonchev–Trinajstić information content (AvgIpc) is 2.07. The Morgan fingerprint density at radius 1 is 1.77 bits per heavy atom. The number of carbonyl (C=O) groups excluding carboxylic acids is 1. The topological polar surface area (TPSA) is 72.5 Å². The molecule has 1 rings (SSSR count). The minimum Gasteiger partial charge on any atom is -0.446 e. The highest BCUT2D eigenvalue weighted by Gasteiger charge is 2.28. The van der Waals surface area contributed by atoms with Crippen LogP contribution in [-0.4, -0.2) is 23.9 Å². The van der Waals surface area contributed by atoms with Gasteiger partial charge in [0.25, 0.3) is 0 Å². The van der Waals surface area contributed by atoms with Gasteiger partial charge in [-0.05, 0) is 19.3 Å². The molecule has 4 heteroatoms. The highest BCUT2D eigenvalue weighted by Crippen LogP contribution is 2.29. The van der Waals surface area contributed by atoms with Crippen molar-refractivity contribution >= 4 is 6.09 Å². The largest absolute Gasteiger partial charge is 0.446 e. The molecule has 0 aromatic rings. The van der Waals surface area contributed by atoms with E-state index in [0.717, 1.165) is 12.0 Å². The van der Waals surface area contributed by atoms with E-state index in [0.29, 0.717) is 12.8 Å². The van der Waals surface area contributed by atoms with Crippen molar-refractivity contribution in [2.75, 3.05) is 6.61 Å². The summed E-state index contributed by atoms with van der Waals surface area (Å²) in [5, 5.41) is 9.02. The van der Waals surface area contributed by atoms with Crippen LogP contribution in [0.2, 0.25) is 0 Å². The molecule has 0 saturated heterocycles. The Hall–Kier alpha value is -1.03. The molecule has 2 atom stereocenters. The molecule has 0 aromatic heterocycles. The number of rotatable bonds is 2. The quantitative estimate of drug-likeness (QED) is 0.625. The summed E-state index contributed by atoms with van der Waals surface area (Å²) >= 11 is 0. The van der Waals surface area contributed by atoms with Gasteiger partial charge in [0, 0.05) is 12.5 Å². The second-order valence-corrected chi connectivity index (χ2v) is 3.41. The van der Waals surface area contributed by atoms with Gasteiger partial charge in [0.1, 0.15) is 6.10 Å². The molecule has 0 aromatic carbocycles. The normalized spacial score (nSPS) is 28.5. The molecule has 0 spiro atoms. The van der Waals surface area contributed by atoms with E-state index < -0.39 is 6.09 Å². The van der Waals surface area contributed by atoms with Crippen LogP contribution >= 0.6 is 0 Å². The summed E-state index contributed by atoms with van der Waals surface area (Å²) in [6.45, 7) is 3.85. The van der Waals surface area contributed by atoms with Crippen molar-refractivity contribution in [3.63, 3.8) is 0 Å². The summed E-state index contributed by atoms with van der Waals surface area (Å²) in [6, 6.07) is 0. The molecule has 4 nitrogen and oxygen atoms in total. The summed E-state index contributed by atoms with van der Waals surface area (Å²) < 4.78 is 4.88. The number of nitrogens with two attached hydrogens (primary N) is 1. The van der Waals surface area contributed by atoms with E-state index in [-0.39, 0.29) is 18.6 Å². The summed E-state index contributed by atoms with van der Waals surface area (Å²) in [5.74, 6) is -0.0336. The zero-order chi connectivity index (χ0) is 9.84. The maximum Gasteiger partial charge on any atom is 0.404 e. The molecule has 0 heterocycles. The first-order valence-electron chi connectivity index (χ1n) is 4.37. The molecule has 0 aliphatic heterocycles. The number of primary amides is 1. The SMILES string of the molecule is C=C1CC[C@H](OC(N)=O)[C@H](CO)C1. The first-order valence-corrected chi connectivity index (χ1v) is 4.37. The average molecular weight is 185 g/mol. The van der Waals surface area contributed by atoms with Crippen molar-refractivity contribution in [1.82, 2.24) is 0 Å². The number of amides is 1. The lowest BCUT2D eigenvalue weighted by molar-refractivity contribution is 0.0297. The van der Waals surface area contributed by atoms with Gasteiger partial charge in [0.2, 0.25) is 0 Å². The fourth-order valence-corrected chi connectivity index (χ4v) is 1.67. The van der Waals surface area contributed by atoms with Crippen LogP contribution < -0.4 is 5.73 Å². The van der Waals surface area contributed by atoms with E-state index in [9.17, 15) is 4.79 Å². The molecule has 0 bridgehead atoms. The van der Waals surface area contributed by atoms with Crippen LogP contribution in [0.5, 0.6) is 0 Å². The van der Waals surface area contributed by atoms with Gasteiger partial charge in [-0.3, -0.25) is 0 Å². The number of carbonyl (C=O) groups is 1. The van der Waals surface area contributed by atoms with Crippen molar-refractivity contribution < 1.29 is 14.6 Å². The number of allylic oxidation sites excluding steroid dienone is 1. The van der Waals surface area contributed by atoms with Crippen molar-refractivity contribution in [2.24, 2.45) is 11.7 Å². The molecule has 1 aliphatic rings. The molecule has 74 valence electrons. The number of ether oxygens (including phenoxy) is 1. The van der Waals surface area contributed by atoms with Gasteiger partial charge in [-0.25, -0.2) is 4.79 Å². The molecule has 13 heavy (non-hydrogen) atoms. The molecule has 0 unspecified atom stereocenters. The Morgan fingerprint density at radius 2 is 2.46 bits per heavy atom. The van der Waals surface area contributed by atoms with Crippen LogP contribution in [0.3, 0.4) is 0 Å². The highest BCUT2D eigenvalue weighted by molar-refractivity contribution is 5.64. The third kappa shape index (κ3) is 2.73. The Balaban J connectivity index is 2.52. The molecular formula is C9H15NO3. The molecule has 0 radical (unpaired) electrons. The number of aliphatic hydroxyl groups is 1. The van der Waals surface area contributed by atoms with Crippen molar-refractivity contribution in [1.29, 1.82) is 0 Å². The fourth-order valence-electron chi connectivity index (χ4n) is 1.67. The van der Waals surface area contributed by atoms with E-state index in [1.807, 2.05) is 0 Å². The van der Waals surface area contributed by atoms with Crippen molar-refractivity contribution in [3.8, 4) is 0 Å². The van der Waals surface area contributed by atoms with Gasteiger partial charge in [-0.15, -0.1) is 0 Å². The van der Waals surface area contributed by atoms with Crippen LogP contribution in [-0.2, 0) is 4.74 Å². The molecule has 1 saturated carbocycles. The van der Waals surface area contributed by atoms with Crippen LogP contribution in [0.25, 0.3) is 0 Å². The minimum atomic E-state index is -0.768. The zero-order valence-electron chi connectivity index (χ0n) is 7.53. The van der Waals surface area contributed by atoms with Crippen LogP contribution in [0.4, 0.5) is 4.79 Å². The smallest absolute Gasteiger partial charge is 0.404 e. The molecule has 3 N–H and O–H groups in total. The lowest BCUT2D eigenvalue weighted by atomic mass is 9.84. The van der Waals surface area contributed by atoms with E-state index >= 15 is 0 Å². The monoisotopic (exact) mass is 185 g/mol. The van der Waals surface area contributed by atoms with E-state index in [4.69, 9.17) is 15.6 Å². The van der Waals surface area contributed by atoms with Gasteiger partial charge in [0.05, 0.1) is 0 Å². The summed E-state index contributed by atoms with van der Waals surface area (Å²) in [6.07, 6.45) is 1.26. The maximum absolute atomic E-state index is 10.5. The summed E-state index contributed by atoms with van der Waals surface area (Å²) in [7, 11) is 0. The van der Waals surface area contributed by atoms with Gasteiger partial charge < -0.3 is 15.6 Å². The Bertz CT molecular complexity index is 215. The number of hydrogen-bond acceptors (Lipinski definition) is 3. The second-order valence-electron chi connectivity index (χ2n) is 3.41. The van der Waals surface area contributed by atoms with Gasteiger partial charge >= 0.3 is 6.09 Å². The lowest BCUT2D eigenvalue weighted by Gasteiger charge is -2.30. The third-order valence-corrected chi connectivity index (χ3v) is 2.36. The predicted octanol–water partition coefficient (Wildman–Crippen LogP) is 0.799. The number of aliphatic hydroxyl groups excluding tert-OH is 1. The third-order valence-electron chi connectivity index (χ3n) is 2.36. The first kappa shape index (κ1) is 10.1. The van der Waals surface area contributed by atoms with E-state index in [1.165, 1.54) is 0 Å². The summed E-state index contributed by atoms with van der Waals surface area (Å²) in [4.78, 5) is 10.5. The van der Waals surface area contributed by atoms with Crippen LogP contribution in [0.15, 0.2) is 12.2 Å². The van der Waals surface area contributed by atoms with E-state index in [2.05, 4.69) is 6.58 Å². The number of hydrogen-bond donors (Lipinski definition) is 2. The first-order chi connectivity index (χ1) is 6.13. The molecule has 1 aliphatic carbocycles. The Morgan fingerprint density at radius 3 is 3.00 bits per heavy atom. The summed E-state index contributed by atoms with van der Waals surface area (Å²) in [5.41, 5.74) is 6.01. The van der Waals surface area contributed by atoms with Gasteiger partial charge in [0.15, 0.2) is 0 Å². The predicted molar refractivity (Wildman–Crippen MR) is 48.0 cm³/mol. The van der Waals surface area contributed by atoms with Crippen molar-refractivity contribution in [2.45, 2.75) is 25.4 Å².